The topological polar surface area (TPSA) is 46.2 Å². The van der Waals surface area contributed by atoms with Crippen LogP contribution in [0.4, 0.5) is 0 Å². The van der Waals surface area contributed by atoms with Gasteiger partial charge in [-0.05, 0) is 36.1 Å². The van der Waals surface area contributed by atoms with E-state index in [0.29, 0.717) is 28.3 Å². The van der Waals surface area contributed by atoms with Gasteiger partial charge in [0.2, 0.25) is 0 Å². The third-order valence-corrected chi connectivity index (χ3v) is 7.21. The van der Waals surface area contributed by atoms with Gasteiger partial charge in [0.15, 0.2) is 9.84 Å². The van der Waals surface area contributed by atoms with Gasteiger partial charge in [-0.2, -0.15) is 0 Å². The van der Waals surface area contributed by atoms with E-state index in [1.807, 2.05) is 0 Å². The zero-order chi connectivity index (χ0) is 12.9. The Morgan fingerprint density at radius 3 is 2.24 bits per heavy atom. The first kappa shape index (κ1) is 13.3. The summed E-state index contributed by atoms with van der Waals surface area (Å²) in [5, 5.41) is 3.47. The quantitative estimate of drug-likeness (QED) is 0.841. The van der Waals surface area contributed by atoms with Gasteiger partial charge in [-0.15, -0.1) is 0 Å². The molecule has 0 radical (unpaired) electrons. The molecule has 2 fully saturated rings. The molecule has 17 heavy (non-hydrogen) atoms. The summed E-state index contributed by atoms with van der Waals surface area (Å²) in [6.45, 7) is 10.2. The van der Waals surface area contributed by atoms with Crippen LogP contribution < -0.4 is 5.32 Å². The SMILES string of the molecule is CC1(C)C(CNC2CCCS(=O)(=O)C2)C1(C)C. The highest BCUT2D eigenvalue weighted by Gasteiger charge is 2.63. The molecule has 0 bridgehead atoms. The smallest absolute Gasteiger partial charge is 0.151 e. The van der Waals surface area contributed by atoms with Crippen LogP contribution in [-0.4, -0.2) is 32.5 Å². The molecule has 2 aliphatic rings. The van der Waals surface area contributed by atoms with Crippen molar-refractivity contribution in [2.24, 2.45) is 16.7 Å². The summed E-state index contributed by atoms with van der Waals surface area (Å²) in [6.07, 6.45) is 1.82. The minimum Gasteiger partial charge on any atom is -0.313 e. The number of nitrogens with one attached hydrogen (secondary N) is 1. The third-order valence-electron chi connectivity index (χ3n) is 5.39. The lowest BCUT2D eigenvalue weighted by atomic mass is 10.0. The zero-order valence-electron chi connectivity index (χ0n) is 11.4. The molecule has 0 amide bonds. The lowest BCUT2D eigenvalue weighted by Gasteiger charge is -2.23. The zero-order valence-corrected chi connectivity index (χ0v) is 12.2. The first-order chi connectivity index (χ1) is 7.67. The molecule has 1 heterocycles. The van der Waals surface area contributed by atoms with Crippen molar-refractivity contribution >= 4 is 9.84 Å². The molecular weight excluding hydrogens is 234 g/mol. The van der Waals surface area contributed by atoms with Crippen molar-refractivity contribution in [2.45, 2.75) is 46.6 Å². The molecule has 1 saturated heterocycles. The summed E-state index contributed by atoms with van der Waals surface area (Å²) >= 11 is 0. The Labute approximate surface area is 105 Å². The van der Waals surface area contributed by atoms with Crippen molar-refractivity contribution in [3.63, 3.8) is 0 Å². The molecule has 1 N–H and O–H groups in total. The van der Waals surface area contributed by atoms with Crippen LogP contribution in [-0.2, 0) is 9.84 Å². The van der Waals surface area contributed by atoms with E-state index in [9.17, 15) is 8.42 Å². The molecular formula is C13H25NO2S. The van der Waals surface area contributed by atoms with Crippen LogP contribution in [0.1, 0.15) is 40.5 Å². The molecule has 1 aliphatic heterocycles. The Balaban J connectivity index is 1.84. The lowest BCUT2D eigenvalue weighted by Crippen LogP contribution is -2.41. The molecule has 0 aromatic rings. The van der Waals surface area contributed by atoms with E-state index in [4.69, 9.17) is 0 Å². The van der Waals surface area contributed by atoms with Gasteiger partial charge in [0, 0.05) is 6.04 Å². The van der Waals surface area contributed by atoms with Crippen LogP contribution in [0.5, 0.6) is 0 Å². The second-order valence-electron chi connectivity index (χ2n) is 6.86. The molecule has 1 aliphatic carbocycles. The number of hydrogen-bond donors (Lipinski definition) is 1. The lowest BCUT2D eigenvalue weighted by molar-refractivity contribution is 0.444. The van der Waals surface area contributed by atoms with Gasteiger partial charge >= 0.3 is 0 Å². The van der Waals surface area contributed by atoms with E-state index in [1.165, 1.54) is 0 Å². The molecule has 2 rings (SSSR count). The van der Waals surface area contributed by atoms with Crippen molar-refractivity contribution < 1.29 is 8.42 Å². The Morgan fingerprint density at radius 2 is 1.76 bits per heavy atom. The van der Waals surface area contributed by atoms with Crippen LogP contribution >= 0.6 is 0 Å². The van der Waals surface area contributed by atoms with Gasteiger partial charge in [0.05, 0.1) is 11.5 Å². The maximum Gasteiger partial charge on any atom is 0.151 e. The van der Waals surface area contributed by atoms with E-state index in [0.717, 1.165) is 19.4 Å². The summed E-state index contributed by atoms with van der Waals surface area (Å²) in [5.74, 6) is 1.38. The van der Waals surface area contributed by atoms with E-state index in [-0.39, 0.29) is 6.04 Å². The average Bonchev–Trinajstić information content (AvgIpc) is 2.53. The molecule has 0 aromatic carbocycles. The molecule has 1 unspecified atom stereocenters. The highest BCUT2D eigenvalue weighted by atomic mass is 32.2. The number of sulfone groups is 1. The van der Waals surface area contributed by atoms with E-state index in [2.05, 4.69) is 33.0 Å². The van der Waals surface area contributed by atoms with Gasteiger partial charge in [-0.25, -0.2) is 8.42 Å². The van der Waals surface area contributed by atoms with Gasteiger partial charge in [-0.1, -0.05) is 27.7 Å². The molecule has 1 saturated carbocycles. The van der Waals surface area contributed by atoms with Gasteiger partial charge < -0.3 is 5.32 Å². The maximum atomic E-state index is 11.5. The van der Waals surface area contributed by atoms with Crippen LogP contribution in [0, 0.1) is 16.7 Å². The number of rotatable bonds is 3. The third kappa shape index (κ3) is 2.39. The summed E-state index contributed by atoms with van der Waals surface area (Å²) in [5.41, 5.74) is 0.765. The maximum absolute atomic E-state index is 11.5. The van der Waals surface area contributed by atoms with Crippen molar-refractivity contribution in [2.75, 3.05) is 18.1 Å². The second kappa shape index (κ2) is 3.95. The molecule has 1 atom stereocenters. The van der Waals surface area contributed by atoms with Crippen molar-refractivity contribution in [3.05, 3.63) is 0 Å². The first-order valence-corrected chi connectivity index (χ1v) is 8.43. The number of hydrogen-bond acceptors (Lipinski definition) is 3. The van der Waals surface area contributed by atoms with Crippen molar-refractivity contribution in [1.29, 1.82) is 0 Å². The standard InChI is InChI=1S/C13H25NO2S/c1-12(2)11(13(12,3)4)8-14-10-6-5-7-17(15,16)9-10/h10-11,14H,5-9H2,1-4H3. The van der Waals surface area contributed by atoms with Crippen LogP contribution in [0.15, 0.2) is 0 Å². The minimum absolute atomic E-state index is 0.181. The summed E-state index contributed by atoms with van der Waals surface area (Å²) in [4.78, 5) is 0. The summed E-state index contributed by atoms with van der Waals surface area (Å²) in [6, 6.07) is 0.181. The largest absolute Gasteiger partial charge is 0.313 e. The molecule has 3 nitrogen and oxygen atoms in total. The van der Waals surface area contributed by atoms with Gasteiger partial charge in [0.25, 0.3) is 0 Å². The monoisotopic (exact) mass is 259 g/mol. The summed E-state index contributed by atoms with van der Waals surface area (Å²) in [7, 11) is -2.78. The van der Waals surface area contributed by atoms with Crippen LogP contribution in [0.2, 0.25) is 0 Å². The molecule has 100 valence electrons. The Hall–Kier alpha value is -0.0900. The van der Waals surface area contributed by atoms with Crippen LogP contribution in [0.25, 0.3) is 0 Å². The van der Waals surface area contributed by atoms with E-state index < -0.39 is 9.84 Å². The Bertz CT molecular complexity index is 384. The van der Waals surface area contributed by atoms with Crippen LogP contribution in [0.3, 0.4) is 0 Å². The highest BCUT2D eigenvalue weighted by molar-refractivity contribution is 7.91. The normalized spacial score (nSPS) is 34.5. The average molecular weight is 259 g/mol. The highest BCUT2D eigenvalue weighted by Crippen LogP contribution is 2.67. The van der Waals surface area contributed by atoms with E-state index in [1.54, 1.807) is 0 Å². The van der Waals surface area contributed by atoms with Gasteiger partial charge in [0.1, 0.15) is 0 Å². The predicted octanol–water partition coefficient (Wildman–Crippen LogP) is 1.84. The first-order valence-electron chi connectivity index (χ1n) is 6.61. The fourth-order valence-corrected chi connectivity index (χ4v) is 4.98. The minimum atomic E-state index is -2.78. The molecule has 4 heteroatoms. The Kier molecular flexibility index (Phi) is 3.10. The fraction of sp³-hybridized carbons (Fsp3) is 1.00. The van der Waals surface area contributed by atoms with Gasteiger partial charge in [-0.3, -0.25) is 0 Å². The van der Waals surface area contributed by atoms with Crippen molar-refractivity contribution in [3.8, 4) is 0 Å². The molecule has 0 spiro atoms. The summed E-state index contributed by atoms with van der Waals surface area (Å²) < 4.78 is 23.1. The molecule has 0 aromatic heterocycles. The van der Waals surface area contributed by atoms with E-state index >= 15 is 0 Å². The van der Waals surface area contributed by atoms with Crippen molar-refractivity contribution in [1.82, 2.24) is 5.32 Å². The Morgan fingerprint density at radius 1 is 1.18 bits per heavy atom. The fourth-order valence-electron chi connectivity index (χ4n) is 3.31. The second-order valence-corrected chi connectivity index (χ2v) is 9.09. The predicted molar refractivity (Wildman–Crippen MR) is 70.7 cm³/mol.